The molecule has 0 aromatic rings. The van der Waals surface area contributed by atoms with Gasteiger partial charge >= 0.3 is 134 Å². The minimum atomic E-state index is -4.70. The van der Waals surface area contributed by atoms with Crippen LogP contribution in [-0.2, 0) is 42.9 Å². The molecule has 7 heteroatoms. The normalized spacial score (nSPS) is 11.8. The minimum absolute atomic E-state index is 0.243. The fourth-order valence-corrected chi connectivity index (χ4v) is 6.93. The van der Waals surface area contributed by atoms with Crippen LogP contribution >= 0.6 is 0 Å². The first-order valence-electron chi connectivity index (χ1n) is 7.54. The van der Waals surface area contributed by atoms with Crippen molar-refractivity contribution < 1.29 is 42.9 Å². The predicted octanol–water partition coefficient (Wildman–Crippen LogP) is 3.34. The van der Waals surface area contributed by atoms with E-state index in [1.165, 1.54) is 0 Å². The third-order valence-corrected chi connectivity index (χ3v) is 8.23. The van der Waals surface area contributed by atoms with E-state index in [4.69, 9.17) is 11.3 Å². The van der Waals surface area contributed by atoms with E-state index in [1.807, 2.05) is 13.8 Å². The Morgan fingerprint density at radius 3 is 1.38 bits per heavy atom. The first-order chi connectivity index (χ1) is 9.74. The Kier molecular flexibility index (Phi) is 10.3. The fraction of sp³-hybridized carbons (Fsp3) is 0.857. The van der Waals surface area contributed by atoms with Gasteiger partial charge in [0.05, 0.1) is 0 Å². The summed E-state index contributed by atoms with van der Waals surface area (Å²) < 4.78 is 22.2. The van der Waals surface area contributed by atoms with Gasteiger partial charge in [-0.05, 0) is 0 Å². The van der Waals surface area contributed by atoms with Gasteiger partial charge in [-0.1, -0.05) is 0 Å². The van der Waals surface area contributed by atoms with Gasteiger partial charge in [-0.2, -0.15) is 0 Å². The molecular formula is C14H28O6Zr. The Bertz CT molecular complexity index is 297. The molecule has 0 aromatic carbocycles. The predicted molar refractivity (Wildman–Crippen MR) is 74.4 cm³/mol. The molecule has 0 bridgehead atoms. The molecule has 0 rings (SSSR count). The standard InChI is InChI=1S/2C4H8O2.2C3H7O.Zr/c2*1-2-3-4(5)6;2*1-3(2)4;/h2*2-3H2,1H3,(H,5,6);2*3H,1-2H3;/q;;2*-1;+4/p-2. The average molecular weight is 384 g/mol. The molecule has 0 atom stereocenters. The van der Waals surface area contributed by atoms with Crippen molar-refractivity contribution in [2.75, 3.05) is 0 Å². The van der Waals surface area contributed by atoms with Gasteiger partial charge in [0.25, 0.3) is 0 Å². The molecule has 6 nitrogen and oxygen atoms in total. The van der Waals surface area contributed by atoms with Gasteiger partial charge in [0, 0.05) is 0 Å². The molecule has 0 spiro atoms. The van der Waals surface area contributed by atoms with Crippen LogP contribution in [0, 0.1) is 0 Å². The molecule has 0 unspecified atom stereocenters. The van der Waals surface area contributed by atoms with Gasteiger partial charge in [0.2, 0.25) is 0 Å². The van der Waals surface area contributed by atoms with E-state index in [9.17, 15) is 9.59 Å². The topological polar surface area (TPSA) is 71.1 Å². The summed E-state index contributed by atoms with van der Waals surface area (Å²) in [6, 6.07) is 0. The van der Waals surface area contributed by atoms with E-state index in [2.05, 4.69) is 0 Å². The van der Waals surface area contributed by atoms with Crippen LogP contribution in [0.5, 0.6) is 0 Å². The number of hydrogen-bond donors (Lipinski definition) is 0. The van der Waals surface area contributed by atoms with Gasteiger partial charge in [0.15, 0.2) is 0 Å². The summed E-state index contributed by atoms with van der Waals surface area (Å²) in [6.45, 7) is 10.9. The molecule has 0 fully saturated rings. The first-order valence-corrected chi connectivity index (χ1v) is 11.5. The van der Waals surface area contributed by atoms with Crippen LogP contribution in [0.4, 0.5) is 0 Å². The van der Waals surface area contributed by atoms with Crippen LogP contribution < -0.4 is 0 Å². The van der Waals surface area contributed by atoms with E-state index in [0.717, 1.165) is 0 Å². The van der Waals surface area contributed by atoms with E-state index in [1.54, 1.807) is 27.7 Å². The average Bonchev–Trinajstić information content (AvgIpc) is 2.26. The van der Waals surface area contributed by atoms with Gasteiger partial charge in [-0.25, -0.2) is 0 Å². The molecule has 0 radical (unpaired) electrons. The zero-order chi connectivity index (χ0) is 16.5. The van der Waals surface area contributed by atoms with Crippen molar-refractivity contribution in [1.29, 1.82) is 0 Å². The Balaban J connectivity index is 5.19. The number of hydrogen-bond acceptors (Lipinski definition) is 6. The van der Waals surface area contributed by atoms with Crippen molar-refractivity contribution in [3.63, 3.8) is 0 Å². The van der Waals surface area contributed by atoms with Crippen LogP contribution in [0.1, 0.15) is 67.2 Å². The molecule has 0 aliphatic heterocycles. The summed E-state index contributed by atoms with van der Waals surface area (Å²) in [7, 11) is 0. The van der Waals surface area contributed by atoms with Crippen molar-refractivity contribution in [3.8, 4) is 0 Å². The summed E-state index contributed by atoms with van der Waals surface area (Å²) in [6.07, 6.45) is 1.26. The number of rotatable bonds is 10. The van der Waals surface area contributed by atoms with E-state index >= 15 is 0 Å². The Labute approximate surface area is 134 Å². The SMILES string of the molecule is CCCC(=O)[O][Zr]([O]C(=O)CCC)([O]C(C)C)[O]C(C)C. The second kappa shape index (κ2) is 10.5. The molecule has 0 amide bonds. The number of carbonyl (C=O) groups excluding carboxylic acids is 2. The molecular weight excluding hydrogens is 355 g/mol. The maximum atomic E-state index is 11.8. The van der Waals surface area contributed by atoms with Crippen molar-refractivity contribution in [3.05, 3.63) is 0 Å². The van der Waals surface area contributed by atoms with E-state index in [-0.39, 0.29) is 25.0 Å². The van der Waals surface area contributed by atoms with Gasteiger partial charge in [0.1, 0.15) is 0 Å². The van der Waals surface area contributed by atoms with Gasteiger partial charge in [-0.3, -0.25) is 0 Å². The quantitative estimate of drug-likeness (QED) is 0.576. The monoisotopic (exact) mass is 382 g/mol. The molecule has 0 aromatic heterocycles. The third-order valence-electron chi connectivity index (χ3n) is 2.15. The molecule has 0 aliphatic rings. The Morgan fingerprint density at radius 1 is 0.810 bits per heavy atom. The van der Waals surface area contributed by atoms with Gasteiger partial charge in [-0.15, -0.1) is 0 Å². The van der Waals surface area contributed by atoms with Crippen LogP contribution in [-0.4, -0.2) is 24.1 Å². The molecule has 0 aliphatic carbocycles. The maximum absolute atomic E-state index is 11.8. The summed E-state index contributed by atoms with van der Waals surface area (Å²) >= 11 is -4.70. The van der Waals surface area contributed by atoms with Crippen LogP contribution in [0.2, 0.25) is 0 Å². The summed E-state index contributed by atoms with van der Waals surface area (Å²) in [5.41, 5.74) is 0. The molecule has 0 saturated heterocycles. The second-order valence-corrected chi connectivity index (χ2v) is 9.90. The summed E-state index contributed by atoms with van der Waals surface area (Å²) in [4.78, 5) is 23.7. The third kappa shape index (κ3) is 9.38. The molecule has 0 saturated carbocycles. The first kappa shape index (κ1) is 20.7. The number of carbonyl (C=O) groups is 2. The van der Waals surface area contributed by atoms with E-state index < -0.39 is 34.0 Å². The van der Waals surface area contributed by atoms with Crippen molar-refractivity contribution in [2.45, 2.75) is 79.4 Å². The zero-order valence-electron chi connectivity index (χ0n) is 13.9. The molecule has 21 heavy (non-hydrogen) atoms. The summed E-state index contributed by atoms with van der Waals surface area (Å²) in [5, 5.41) is 0. The van der Waals surface area contributed by atoms with Crippen molar-refractivity contribution >= 4 is 11.9 Å². The second-order valence-electron chi connectivity index (χ2n) is 5.28. The summed E-state index contributed by atoms with van der Waals surface area (Å²) in [5.74, 6) is -0.891. The molecule has 0 heterocycles. The van der Waals surface area contributed by atoms with Crippen molar-refractivity contribution in [2.24, 2.45) is 0 Å². The van der Waals surface area contributed by atoms with Crippen molar-refractivity contribution in [1.82, 2.24) is 0 Å². The molecule has 0 N–H and O–H groups in total. The zero-order valence-corrected chi connectivity index (χ0v) is 16.4. The van der Waals surface area contributed by atoms with Gasteiger partial charge < -0.3 is 0 Å². The van der Waals surface area contributed by atoms with Crippen LogP contribution in [0.25, 0.3) is 0 Å². The van der Waals surface area contributed by atoms with Crippen LogP contribution in [0.15, 0.2) is 0 Å². The van der Waals surface area contributed by atoms with Crippen LogP contribution in [0.3, 0.4) is 0 Å². The van der Waals surface area contributed by atoms with E-state index in [0.29, 0.717) is 12.8 Å². The molecule has 124 valence electrons. The Hall–Kier alpha value is -0.257. The fourth-order valence-electron chi connectivity index (χ4n) is 1.51. The Morgan fingerprint density at radius 2 is 1.14 bits per heavy atom.